The van der Waals surface area contributed by atoms with E-state index in [-0.39, 0.29) is 5.78 Å². The third-order valence-electron chi connectivity index (χ3n) is 3.90. The molecule has 0 amide bonds. The van der Waals surface area contributed by atoms with Gasteiger partial charge in [0.2, 0.25) is 0 Å². The number of Topliss-reactive ketones (excluding diaryl/α,β-unsaturated/α-hetero) is 1. The largest absolute Gasteiger partial charge is 0.360 e. The monoisotopic (exact) mass is 263 g/mol. The number of aromatic amines is 1. The number of H-pyrrole nitrogens is 1. The number of hydrogen-bond acceptors (Lipinski definition) is 1. The summed E-state index contributed by atoms with van der Waals surface area (Å²) in [6.07, 6.45) is 1.82. The molecule has 100 valence electrons. The Morgan fingerprint density at radius 3 is 2.35 bits per heavy atom. The van der Waals surface area contributed by atoms with E-state index >= 15 is 0 Å². The van der Waals surface area contributed by atoms with E-state index < -0.39 is 5.41 Å². The molecule has 0 aliphatic heterocycles. The summed E-state index contributed by atoms with van der Waals surface area (Å²) >= 11 is 0. The van der Waals surface area contributed by atoms with Crippen molar-refractivity contribution in [1.82, 2.24) is 4.98 Å². The van der Waals surface area contributed by atoms with E-state index in [1.165, 1.54) is 0 Å². The van der Waals surface area contributed by atoms with E-state index in [4.69, 9.17) is 0 Å². The number of aromatic nitrogens is 1. The van der Waals surface area contributed by atoms with Gasteiger partial charge in [-0.1, -0.05) is 48.5 Å². The Labute approximate surface area is 118 Å². The molecule has 0 fully saturated rings. The zero-order valence-electron chi connectivity index (χ0n) is 11.7. The molecule has 0 unspecified atom stereocenters. The van der Waals surface area contributed by atoms with Crippen molar-refractivity contribution in [2.75, 3.05) is 0 Å². The number of fused-ring (bicyclic) bond motifs is 1. The third kappa shape index (κ3) is 1.94. The second-order valence-electron chi connectivity index (χ2n) is 5.57. The van der Waals surface area contributed by atoms with Crippen LogP contribution in [0.1, 0.15) is 29.8 Å². The van der Waals surface area contributed by atoms with E-state index in [0.717, 1.165) is 22.0 Å². The smallest absolute Gasteiger partial charge is 0.174 e. The lowest BCUT2D eigenvalue weighted by Gasteiger charge is -2.23. The number of ketones is 1. The molecule has 1 N–H and O–H groups in total. The molecule has 1 heterocycles. The van der Waals surface area contributed by atoms with Crippen LogP contribution in [0, 0.1) is 0 Å². The third-order valence-corrected chi connectivity index (χ3v) is 3.90. The lowest BCUT2D eigenvalue weighted by Crippen LogP contribution is -2.28. The van der Waals surface area contributed by atoms with Gasteiger partial charge in [-0.05, 0) is 25.5 Å². The summed E-state index contributed by atoms with van der Waals surface area (Å²) < 4.78 is 0. The normalized spacial score (nSPS) is 11.7. The highest BCUT2D eigenvalue weighted by Gasteiger charge is 2.31. The van der Waals surface area contributed by atoms with Gasteiger partial charge >= 0.3 is 0 Å². The molecule has 0 bridgehead atoms. The standard InChI is InChI=1S/C18H17NO/c1-18(2,13-8-4-3-5-9-13)17(20)15-12-19-16-11-7-6-10-14(15)16/h3-12,19H,1-2H3. The molecule has 20 heavy (non-hydrogen) atoms. The van der Waals surface area contributed by atoms with Crippen molar-refractivity contribution in [1.29, 1.82) is 0 Å². The number of nitrogens with one attached hydrogen (secondary N) is 1. The quantitative estimate of drug-likeness (QED) is 0.701. The minimum Gasteiger partial charge on any atom is -0.360 e. The van der Waals surface area contributed by atoms with Gasteiger partial charge in [0.25, 0.3) is 0 Å². The summed E-state index contributed by atoms with van der Waals surface area (Å²) in [5.41, 5.74) is 2.26. The first-order valence-corrected chi connectivity index (χ1v) is 6.77. The summed E-state index contributed by atoms with van der Waals surface area (Å²) in [5, 5.41) is 0.988. The molecule has 1 aromatic heterocycles. The molecule has 2 heteroatoms. The first-order chi connectivity index (χ1) is 9.60. The van der Waals surface area contributed by atoms with Crippen LogP contribution in [0.3, 0.4) is 0 Å². The molecule has 2 nitrogen and oxygen atoms in total. The maximum Gasteiger partial charge on any atom is 0.174 e. The van der Waals surface area contributed by atoms with Crippen molar-refractivity contribution >= 4 is 16.7 Å². The van der Waals surface area contributed by atoms with Crippen LogP contribution in [-0.2, 0) is 5.41 Å². The number of carbonyl (C=O) groups is 1. The molecule has 0 spiro atoms. The lowest BCUT2D eigenvalue weighted by molar-refractivity contribution is 0.0910. The zero-order valence-corrected chi connectivity index (χ0v) is 11.7. The predicted molar refractivity (Wildman–Crippen MR) is 82.1 cm³/mol. The van der Waals surface area contributed by atoms with Crippen LogP contribution in [-0.4, -0.2) is 10.8 Å². The molecular formula is C18H17NO. The van der Waals surface area contributed by atoms with E-state index in [0.29, 0.717) is 0 Å². The van der Waals surface area contributed by atoms with Gasteiger partial charge in [-0.25, -0.2) is 0 Å². The van der Waals surface area contributed by atoms with Gasteiger partial charge in [0, 0.05) is 22.7 Å². The van der Waals surface area contributed by atoms with Crippen molar-refractivity contribution in [3.63, 3.8) is 0 Å². The van der Waals surface area contributed by atoms with Gasteiger partial charge in [-0.2, -0.15) is 0 Å². The van der Waals surface area contributed by atoms with Crippen LogP contribution in [0.4, 0.5) is 0 Å². The molecular weight excluding hydrogens is 246 g/mol. The van der Waals surface area contributed by atoms with Gasteiger partial charge in [0.1, 0.15) is 0 Å². The van der Waals surface area contributed by atoms with Crippen LogP contribution in [0.5, 0.6) is 0 Å². The van der Waals surface area contributed by atoms with Gasteiger partial charge in [0.15, 0.2) is 5.78 Å². The van der Waals surface area contributed by atoms with Crippen LogP contribution < -0.4 is 0 Å². The van der Waals surface area contributed by atoms with Crippen molar-refractivity contribution in [3.8, 4) is 0 Å². The number of para-hydroxylation sites is 1. The molecule has 0 saturated carbocycles. The molecule has 0 aliphatic carbocycles. The predicted octanol–water partition coefficient (Wildman–Crippen LogP) is 4.33. The average Bonchev–Trinajstić information content (AvgIpc) is 2.91. The second-order valence-corrected chi connectivity index (χ2v) is 5.57. The van der Waals surface area contributed by atoms with E-state index in [2.05, 4.69) is 4.98 Å². The van der Waals surface area contributed by atoms with Crippen LogP contribution >= 0.6 is 0 Å². The minimum absolute atomic E-state index is 0.140. The summed E-state index contributed by atoms with van der Waals surface area (Å²) in [6.45, 7) is 3.96. The minimum atomic E-state index is -0.535. The number of benzene rings is 2. The SMILES string of the molecule is CC(C)(C(=O)c1c[nH]c2ccccc12)c1ccccc1. The molecule has 0 saturated heterocycles. The molecule has 3 rings (SSSR count). The van der Waals surface area contributed by atoms with Gasteiger partial charge in [-0.15, -0.1) is 0 Å². The Balaban J connectivity index is 2.08. The molecule has 3 aromatic rings. The summed E-state index contributed by atoms with van der Waals surface area (Å²) in [5.74, 6) is 0.140. The van der Waals surface area contributed by atoms with Crippen molar-refractivity contribution in [2.45, 2.75) is 19.3 Å². The van der Waals surface area contributed by atoms with Gasteiger partial charge in [0.05, 0.1) is 5.41 Å². The Hall–Kier alpha value is -2.35. The molecule has 0 aliphatic rings. The van der Waals surface area contributed by atoms with E-state index in [9.17, 15) is 4.79 Å². The topological polar surface area (TPSA) is 32.9 Å². The fraction of sp³-hybridized carbons (Fsp3) is 0.167. The van der Waals surface area contributed by atoms with E-state index in [1.54, 1.807) is 0 Å². The van der Waals surface area contributed by atoms with Crippen LogP contribution in [0.2, 0.25) is 0 Å². The Kier molecular flexibility index (Phi) is 2.94. The van der Waals surface area contributed by atoms with Crippen molar-refractivity contribution in [2.24, 2.45) is 0 Å². The molecule has 0 radical (unpaired) electrons. The highest BCUT2D eigenvalue weighted by atomic mass is 16.1. The number of carbonyl (C=O) groups excluding carboxylic acids is 1. The highest BCUT2D eigenvalue weighted by molar-refractivity contribution is 6.12. The van der Waals surface area contributed by atoms with E-state index in [1.807, 2.05) is 74.6 Å². The van der Waals surface area contributed by atoms with Gasteiger partial charge < -0.3 is 4.98 Å². The van der Waals surface area contributed by atoms with Crippen LogP contribution in [0.25, 0.3) is 10.9 Å². The lowest BCUT2D eigenvalue weighted by atomic mass is 9.78. The second kappa shape index (κ2) is 4.64. The Morgan fingerprint density at radius 2 is 1.60 bits per heavy atom. The highest BCUT2D eigenvalue weighted by Crippen LogP contribution is 2.30. The number of hydrogen-bond donors (Lipinski definition) is 1. The van der Waals surface area contributed by atoms with Crippen LogP contribution in [0.15, 0.2) is 60.8 Å². The van der Waals surface area contributed by atoms with Gasteiger partial charge in [-0.3, -0.25) is 4.79 Å². The summed E-state index contributed by atoms with van der Waals surface area (Å²) in [7, 11) is 0. The fourth-order valence-corrected chi connectivity index (χ4v) is 2.58. The Morgan fingerprint density at radius 1 is 0.950 bits per heavy atom. The summed E-state index contributed by atoms with van der Waals surface area (Å²) in [4.78, 5) is 16.1. The summed E-state index contributed by atoms with van der Waals surface area (Å²) in [6, 6.07) is 17.8. The molecule has 0 atom stereocenters. The molecule has 2 aromatic carbocycles. The first kappa shape index (κ1) is 12.7. The number of rotatable bonds is 3. The zero-order chi connectivity index (χ0) is 14.2. The Bertz CT molecular complexity index is 753. The maximum atomic E-state index is 12.9. The van der Waals surface area contributed by atoms with Crippen molar-refractivity contribution < 1.29 is 4.79 Å². The first-order valence-electron chi connectivity index (χ1n) is 6.77. The fourth-order valence-electron chi connectivity index (χ4n) is 2.58. The average molecular weight is 263 g/mol. The maximum absolute atomic E-state index is 12.9. The van der Waals surface area contributed by atoms with Crippen molar-refractivity contribution in [3.05, 3.63) is 71.9 Å².